The number of sulfone groups is 1. The molecule has 1 aliphatic carbocycles. The molecule has 1 aromatic heterocycles. The van der Waals surface area contributed by atoms with Crippen molar-refractivity contribution in [1.29, 1.82) is 0 Å². The summed E-state index contributed by atoms with van der Waals surface area (Å²) in [5, 5.41) is 7.42. The molecule has 5 nitrogen and oxygen atoms in total. The highest BCUT2D eigenvalue weighted by molar-refractivity contribution is 7.90. The molecule has 1 fully saturated rings. The van der Waals surface area contributed by atoms with Crippen LogP contribution in [0.2, 0.25) is 0 Å². The van der Waals surface area contributed by atoms with Gasteiger partial charge in [-0.15, -0.1) is 10.2 Å². The Morgan fingerprint density at radius 3 is 2.41 bits per heavy atom. The van der Waals surface area contributed by atoms with Crippen LogP contribution < -0.4 is 4.74 Å². The fraction of sp³-hybridized carbons (Fsp3) is 0.636. The zero-order chi connectivity index (χ0) is 12.3. The molecule has 0 bridgehead atoms. The van der Waals surface area contributed by atoms with Gasteiger partial charge in [0.2, 0.25) is 5.88 Å². The number of hydrogen-bond acceptors (Lipinski definition) is 5. The van der Waals surface area contributed by atoms with Gasteiger partial charge in [-0.3, -0.25) is 0 Å². The standard InChI is InChI=1S/C11H16N2O3S/c1-17(14,15)11-8-7-10(12-13-11)16-9-5-3-2-4-6-9/h7-9H,2-6H2,1H3. The van der Waals surface area contributed by atoms with Crippen molar-refractivity contribution in [3.63, 3.8) is 0 Å². The van der Waals surface area contributed by atoms with Crippen molar-refractivity contribution in [3.8, 4) is 5.88 Å². The van der Waals surface area contributed by atoms with E-state index in [-0.39, 0.29) is 11.1 Å². The molecule has 17 heavy (non-hydrogen) atoms. The lowest BCUT2D eigenvalue weighted by Crippen LogP contribution is -2.20. The van der Waals surface area contributed by atoms with Crippen molar-refractivity contribution in [1.82, 2.24) is 10.2 Å². The number of ether oxygens (including phenoxy) is 1. The molecule has 2 rings (SSSR count). The number of hydrogen-bond donors (Lipinski definition) is 0. The molecule has 0 spiro atoms. The molecule has 0 atom stereocenters. The number of rotatable bonds is 3. The second kappa shape index (κ2) is 5.00. The summed E-state index contributed by atoms with van der Waals surface area (Å²) in [7, 11) is -3.28. The van der Waals surface area contributed by atoms with Gasteiger partial charge in [0.25, 0.3) is 0 Å². The van der Waals surface area contributed by atoms with Gasteiger partial charge in [-0.1, -0.05) is 6.42 Å². The second-order valence-electron chi connectivity index (χ2n) is 4.36. The van der Waals surface area contributed by atoms with Crippen molar-refractivity contribution in [3.05, 3.63) is 12.1 Å². The summed E-state index contributed by atoms with van der Waals surface area (Å²) in [6, 6.07) is 3.00. The Hall–Kier alpha value is -1.17. The predicted octanol–water partition coefficient (Wildman–Crippen LogP) is 1.59. The van der Waals surface area contributed by atoms with Gasteiger partial charge in [-0.05, 0) is 31.7 Å². The quantitative estimate of drug-likeness (QED) is 0.821. The highest BCUT2D eigenvalue weighted by atomic mass is 32.2. The molecule has 1 saturated carbocycles. The minimum atomic E-state index is -3.28. The van der Waals surface area contributed by atoms with E-state index in [1.54, 1.807) is 6.07 Å². The van der Waals surface area contributed by atoms with Gasteiger partial charge in [0, 0.05) is 12.3 Å². The Balaban J connectivity index is 2.03. The molecule has 0 aliphatic heterocycles. The number of nitrogens with zero attached hydrogens (tertiary/aromatic N) is 2. The average Bonchev–Trinajstić information content (AvgIpc) is 2.30. The van der Waals surface area contributed by atoms with Crippen LogP contribution in [0, 0.1) is 0 Å². The lowest BCUT2D eigenvalue weighted by Gasteiger charge is -2.21. The van der Waals surface area contributed by atoms with Crippen molar-refractivity contribution < 1.29 is 13.2 Å². The number of aromatic nitrogens is 2. The summed E-state index contributed by atoms with van der Waals surface area (Å²) in [5.41, 5.74) is 0. The molecule has 1 heterocycles. The average molecular weight is 256 g/mol. The Kier molecular flexibility index (Phi) is 3.61. The minimum absolute atomic E-state index is 0.0199. The second-order valence-corrected chi connectivity index (χ2v) is 6.32. The first kappa shape index (κ1) is 12.3. The van der Waals surface area contributed by atoms with E-state index in [0.717, 1.165) is 19.1 Å². The summed E-state index contributed by atoms with van der Waals surface area (Å²) in [6.45, 7) is 0. The van der Waals surface area contributed by atoms with Crippen LogP contribution in [0.25, 0.3) is 0 Å². The van der Waals surface area contributed by atoms with E-state index in [0.29, 0.717) is 5.88 Å². The molecule has 94 valence electrons. The van der Waals surface area contributed by atoms with Crippen LogP contribution in [0.15, 0.2) is 17.2 Å². The third-order valence-corrected chi connectivity index (χ3v) is 3.81. The van der Waals surface area contributed by atoms with Crippen molar-refractivity contribution in [2.75, 3.05) is 6.26 Å². The van der Waals surface area contributed by atoms with Gasteiger partial charge in [-0.2, -0.15) is 0 Å². The van der Waals surface area contributed by atoms with Gasteiger partial charge in [0.05, 0.1) is 0 Å². The van der Waals surface area contributed by atoms with Crippen molar-refractivity contribution in [2.24, 2.45) is 0 Å². The first-order valence-corrected chi connectivity index (χ1v) is 7.65. The van der Waals surface area contributed by atoms with E-state index < -0.39 is 9.84 Å². The summed E-state index contributed by atoms with van der Waals surface area (Å²) < 4.78 is 28.0. The van der Waals surface area contributed by atoms with Crippen molar-refractivity contribution >= 4 is 9.84 Å². The summed E-state index contributed by atoms with van der Waals surface area (Å²) in [4.78, 5) is 0. The van der Waals surface area contributed by atoms with Crippen LogP contribution >= 0.6 is 0 Å². The van der Waals surface area contributed by atoms with Crippen molar-refractivity contribution in [2.45, 2.75) is 43.2 Å². The summed E-state index contributed by atoms with van der Waals surface area (Å²) >= 11 is 0. The first-order chi connectivity index (χ1) is 8.05. The van der Waals surface area contributed by atoms with Gasteiger partial charge in [0.15, 0.2) is 14.9 Å². The highest BCUT2D eigenvalue weighted by Crippen LogP contribution is 2.22. The van der Waals surface area contributed by atoms with Crippen LogP contribution in [0.4, 0.5) is 0 Å². The van der Waals surface area contributed by atoms with E-state index in [2.05, 4.69) is 10.2 Å². The maximum atomic E-state index is 11.2. The predicted molar refractivity (Wildman–Crippen MR) is 62.6 cm³/mol. The van der Waals surface area contributed by atoms with Crippen LogP contribution in [0.5, 0.6) is 5.88 Å². The molecular formula is C11H16N2O3S. The van der Waals surface area contributed by atoms with E-state index in [4.69, 9.17) is 4.74 Å². The largest absolute Gasteiger partial charge is 0.473 e. The highest BCUT2D eigenvalue weighted by Gasteiger charge is 2.16. The maximum Gasteiger partial charge on any atom is 0.233 e. The minimum Gasteiger partial charge on any atom is -0.473 e. The topological polar surface area (TPSA) is 69.2 Å². The Bertz CT molecular complexity index is 464. The molecule has 0 saturated heterocycles. The third-order valence-electron chi connectivity index (χ3n) is 2.84. The summed E-state index contributed by atoms with van der Waals surface area (Å²) in [5.74, 6) is 0.407. The Morgan fingerprint density at radius 2 is 1.88 bits per heavy atom. The normalized spacial score (nSPS) is 17.9. The van der Waals surface area contributed by atoms with E-state index in [9.17, 15) is 8.42 Å². The zero-order valence-corrected chi connectivity index (χ0v) is 10.6. The molecule has 0 radical (unpaired) electrons. The fourth-order valence-electron chi connectivity index (χ4n) is 1.92. The molecular weight excluding hydrogens is 240 g/mol. The van der Waals surface area contributed by atoms with Gasteiger partial charge in [0.1, 0.15) is 6.10 Å². The first-order valence-electron chi connectivity index (χ1n) is 5.76. The summed E-state index contributed by atoms with van der Waals surface area (Å²) in [6.07, 6.45) is 7.00. The van der Waals surface area contributed by atoms with Crippen LogP contribution in [0.3, 0.4) is 0 Å². The van der Waals surface area contributed by atoms with Crippen LogP contribution in [-0.2, 0) is 9.84 Å². The molecule has 1 aromatic rings. The van der Waals surface area contributed by atoms with E-state index >= 15 is 0 Å². The molecule has 0 unspecified atom stereocenters. The van der Waals surface area contributed by atoms with E-state index in [1.165, 1.54) is 25.3 Å². The monoisotopic (exact) mass is 256 g/mol. The lowest BCUT2D eigenvalue weighted by atomic mass is 9.98. The molecule has 1 aliphatic rings. The van der Waals surface area contributed by atoms with Gasteiger partial charge >= 0.3 is 0 Å². The fourth-order valence-corrected chi connectivity index (χ4v) is 2.43. The van der Waals surface area contributed by atoms with Crippen LogP contribution in [0.1, 0.15) is 32.1 Å². The third kappa shape index (κ3) is 3.39. The smallest absolute Gasteiger partial charge is 0.233 e. The van der Waals surface area contributed by atoms with Gasteiger partial charge < -0.3 is 4.74 Å². The molecule has 0 aromatic carbocycles. The molecule has 0 amide bonds. The zero-order valence-electron chi connectivity index (χ0n) is 9.80. The van der Waals surface area contributed by atoms with Crippen LogP contribution in [-0.4, -0.2) is 31.0 Å². The molecule has 0 N–H and O–H groups in total. The Morgan fingerprint density at radius 1 is 1.18 bits per heavy atom. The molecule has 6 heteroatoms. The van der Waals surface area contributed by atoms with E-state index in [1.807, 2.05) is 0 Å². The van der Waals surface area contributed by atoms with Gasteiger partial charge in [-0.25, -0.2) is 8.42 Å². The Labute approximate surface area is 101 Å². The maximum absolute atomic E-state index is 11.2. The SMILES string of the molecule is CS(=O)(=O)c1ccc(OC2CCCCC2)nn1. The lowest BCUT2D eigenvalue weighted by molar-refractivity contribution is 0.146.